The Morgan fingerprint density at radius 1 is 0.885 bits per heavy atom. The van der Waals surface area contributed by atoms with Crippen LogP contribution in [0.25, 0.3) is 11.1 Å². The predicted octanol–water partition coefficient (Wildman–Crippen LogP) is 6.74. The van der Waals surface area contributed by atoms with Crippen molar-refractivity contribution in [1.82, 2.24) is 10.6 Å². The second-order valence-electron chi connectivity index (χ2n) is 13.3. The zero-order chi connectivity index (χ0) is 37.5. The number of esters is 1. The van der Waals surface area contributed by atoms with E-state index in [-0.39, 0.29) is 45.5 Å². The molecule has 3 unspecified atom stereocenters. The summed E-state index contributed by atoms with van der Waals surface area (Å²) in [6, 6.07) is 8.48. The number of halogens is 5. The number of carbonyl (C=O) groups is 4. The van der Waals surface area contributed by atoms with E-state index < -0.39 is 65.1 Å². The van der Waals surface area contributed by atoms with Gasteiger partial charge in [-0.2, -0.15) is 13.2 Å². The zero-order valence-electron chi connectivity index (χ0n) is 28.4. The third kappa shape index (κ3) is 7.37. The fourth-order valence-corrected chi connectivity index (χ4v) is 7.43. The van der Waals surface area contributed by atoms with Gasteiger partial charge in [0.2, 0.25) is 11.8 Å². The van der Waals surface area contributed by atoms with E-state index >= 15 is 4.39 Å². The van der Waals surface area contributed by atoms with Crippen molar-refractivity contribution in [1.29, 1.82) is 0 Å². The number of amides is 3. The minimum atomic E-state index is -4.97. The summed E-state index contributed by atoms with van der Waals surface area (Å²) in [7, 11) is 2.50. The molecule has 3 amide bonds. The second-order valence-corrected chi connectivity index (χ2v) is 13.3. The van der Waals surface area contributed by atoms with Crippen LogP contribution in [-0.2, 0) is 25.3 Å². The van der Waals surface area contributed by atoms with Gasteiger partial charge in [0.15, 0.2) is 6.04 Å². The number of ether oxygens (including phenoxy) is 2. The van der Waals surface area contributed by atoms with E-state index in [4.69, 9.17) is 9.47 Å². The molecule has 6 rings (SSSR count). The van der Waals surface area contributed by atoms with Gasteiger partial charge in [-0.1, -0.05) is 23.8 Å². The third-order valence-corrected chi connectivity index (χ3v) is 9.95. The lowest BCUT2D eigenvalue weighted by molar-refractivity contribution is -0.145. The number of nitrogens with one attached hydrogen (secondary N) is 3. The SMILES string of the molecule is COC(=O)C(NC(C)=O)c1ccc(F)c(-c2ccc(OC)c(C(=O)N[C@@H]3C4CCC(C4=CC4CC4)[C@@H]3C(=O)Nc3ccc(F)c(C(F)(F)F)c3)c2)c1. The summed E-state index contributed by atoms with van der Waals surface area (Å²) in [4.78, 5) is 52.2. The number of hydrogen-bond donors (Lipinski definition) is 3. The van der Waals surface area contributed by atoms with Crippen LogP contribution in [0.2, 0.25) is 0 Å². The molecule has 0 spiro atoms. The van der Waals surface area contributed by atoms with Crippen molar-refractivity contribution in [3.05, 3.63) is 94.6 Å². The van der Waals surface area contributed by atoms with Crippen molar-refractivity contribution < 1.29 is 50.6 Å². The number of hydrogen-bond acceptors (Lipinski definition) is 6. The molecule has 0 aromatic heterocycles. The third-order valence-electron chi connectivity index (χ3n) is 9.95. The van der Waals surface area contributed by atoms with Crippen LogP contribution in [0.4, 0.5) is 27.6 Å². The largest absolute Gasteiger partial charge is 0.496 e. The summed E-state index contributed by atoms with van der Waals surface area (Å²) < 4.78 is 79.9. The van der Waals surface area contributed by atoms with E-state index in [2.05, 4.69) is 22.0 Å². The van der Waals surface area contributed by atoms with Gasteiger partial charge in [0, 0.05) is 30.1 Å². The Kier molecular flexibility index (Phi) is 10.1. The summed E-state index contributed by atoms with van der Waals surface area (Å²) in [6.45, 7) is 1.22. The molecule has 5 atom stereocenters. The van der Waals surface area contributed by atoms with Crippen molar-refractivity contribution in [2.45, 2.75) is 50.9 Å². The lowest BCUT2D eigenvalue weighted by atomic mass is 9.83. The quantitative estimate of drug-likeness (QED) is 0.121. The summed E-state index contributed by atoms with van der Waals surface area (Å²) in [6.07, 6.45) is 0.495. The molecule has 9 nitrogen and oxygen atoms in total. The van der Waals surface area contributed by atoms with E-state index in [1.807, 2.05) is 0 Å². The Morgan fingerprint density at radius 2 is 1.60 bits per heavy atom. The molecule has 3 aliphatic carbocycles. The van der Waals surface area contributed by atoms with Crippen molar-refractivity contribution in [2.75, 3.05) is 19.5 Å². The van der Waals surface area contributed by atoms with Crippen LogP contribution < -0.4 is 20.7 Å². The van der Waals surface area contributed by atoms with Gasteiger partial charge in [-0.05, 0) is 91.1 Å². The van der Waals surface area contributed by atoms with Gasteiger partial charge in [0.25, 0.3) is 5.91 Å². The second kappa shape index (κ2) is 14.4. The monoisotopic (exact) mass is 725 g/mol. The van der Waals surface area contributed by atoms with Gasteiger partial charge in [-0.3, -0.25) is 14.4 Å². The molecule has 0 heterocycles. The molecule has 3 aromatic rings. The maximum absolute atomic E-state index is 15.3. The zero-order valence-corrected chi connectivity index (χ0v) is 28.4. The molecule has 3 fully saturated rings. The topological polar surface area (TPSA) is 123 Å². The maximum Gasteiger partial charge on any atom is 0.419 e. The Morgan fingerprint density at radius 3 is 2.25 bits per heavy atom. The molecular formula is C38H36F5N3O6. The number of methoxy groups -OCH3 is 2. The molecular weight excluding hydrogens is 689 g/mol. The highest BCUT2D eigenvalue weighted by molar-refractivity contribution is 6.00. The molecule has 0 radical (unpaired) electrons. The average molecular weight is 726 g/mol. The highest BCUT2D eigenvalue weighted by Gasteiger charge is 2.55. The molecule has 0 aliphatic heterocycles. The van der Waals surface area contributed by atoms with Crippen LogP contribution in [0.15, 0.2) is 66.2 Å². The molecule has 2 bridgehead atoms. The summed E-state index contributed by atoms with van der Waals surface area (Å²) in [5.41, 5.74) is -0.216. The normalized spacial score (nSPS) is 22.1. The maximum atomic E-state index is 15.3. The number of anilines is 1. The molecule has 274 valence electrons. The first-order chi connectivity index (χ1) is 24.7. The summed E-state index contributed by atoms with van der Waals surface area (Å²) in [5, 5.41) is 8.00. The van der Waals surface area contributed by atoms with Crippen molar-refractivity contribution in [2.24, 2.45) is 23.7 Å². The Hall–Kier alpha value is -5.27. The van der Waals surface area contributed by atoms with E-state index in [0.717, 1.165) is 37.7 Å². The van der Waals surface area contributed by atoms with Crippen LogP contribution in [0.5, 0.6) is 5.75 Å². The number of fused-ring (bicyclic) bond motifs is 2. The van der Waals surface area contributed by atoms with E-state index in [9.17, 15) is 36.7 Å². The molecule has 3 N–H and O–H groups in total. The van der Waals surface area contributed by atoms with Crippen LogP contribution in [-0.4, -0.2) is 44.0 Å². The van der Waals surface area contributed by atoms with Gasteiger partial charge in [0.1, 0.15) is 17.4 Å². The first-order valence-corrected chi connectivity index (χ1v) is 16.7. The van der Waals surface area contributed by atoms with E-state index in [1.165, 1.54) is 44.4 Å². The Balaban J connectivity index is 1.32. The Bertz CT molecular complexity index is 1960. The van der Waals surface area contributed by atoms with Crippen molar-refractivity contribution in [3.63, 3.8) is 0 Å². The van der Waals surface area contributed by atoms with Crippen LogP contribution >= 0.6 is 0 Å². The average Bonchev–Trinajstić information content (AvgIpc) is 3.78. The fourth-order valence-electron chi connectivity index (χ4n) is 7.43. The van der Waals surface area contributed by atoms with E-state index in [1.54, 1.807) is 0 Å². The van der Waals surface area contributed by atoms with Crippen molar-refractivity contribution in [3.8, 4) is 16.9 Å². The van der Waals surface area contributed by atoms with E-state index in [0.29, 0.717) is 30.9 Å². The predicted molar refractivity (Wildman–Crippen MR) is 179 cm³/mol. The van der Waals surface area contributed by atoms with Gasteiger partial charge >= 0.3 is 12.1 Å². The first-order valence-electron chi connectivity index (χ1n) is 16.7. The highest BCUT2D eigenvalue weighted by atomic mass is 19.4. The number of allylic oxidation sites excluding steroid dienone is 1. The number of benzene rings is 3. The van der Waals surface area contributed by atoms with Gasteiger partial charge in [-0.25, -0.2) is 13.6 Å². The molecule has 3 aromatic carbocycles. The minimum Gasteiger partial charge on any atom is -0.496 e. The highest BCUT2D eigenvalue weighted by Crippen LogP contribution is 2.54. The van der Waals surface area contributed by atoms with Gasteiger partial charge in [-0.15, -0.1) is 0 Å². The molecule has 0 saturated heterocycles. The minimum absolute atomic E-state index is 0.0119. The number of rotatable bonds is 10. The first kappa shape index (κ1) is 36.5. The standard InChI is InChI=1S/C38H36F5N3O6/c1-18(47)44-33(37(50)52-3)21-6-11-29(39)25(16-21)20-7-13-31(51-2)27(15-20)35(48)46-34-24-10-9-23(26(24)14-19-4-5-19)32(34)36(49)45-22-8-12-30(40)28(17-22)38(41,42)43/h6-8,11-17,19,23-24,32-34H,4-5,9-10H2,1-3H3,(H,44,47)(H,45,49)(H,46,48)/t23?,24?,32-,33?,34+/m0/s1. The van der Waals surface area contributed by atoms with Gasteiger partial charge in [0.05, 0.1) is 31.3 Å². The smallest absolute Gasteiger partial charge is 0.419 e. The number of carbonyl (C=O) groups excluding carboxylic acids is 4. The van der Waals surface area contributed by atoms with Crippen LogP contribution in [0.1, 0.15) is 60.1 Å². The lowest BCUT2D eigenvalue weighted by Crippen LogP contribution is -2.48. The summed E-state index contributed by atoms with van der Waals surface area (Å²) >= 11 is 0. The molecule has 14 heteroatoms. The van der Waals surface area contributed by atoms with Crippen LogP contribution in [0.3, 0.4) is 0 Å². The fraction of sp³-hybridized carbons (Fsp3) is 0.368. The van der Waals surface area contributed by atoms with Gasteiger partial charge < -0.3 is 25.4 Å². The molecule has 3 saturated carbocycles. The van der Waals surface area contributed by atoms with Crippen molar-refractivity contribution >= 4 is 29.4 Å². The Labute approximate surface area is 295 Å². The van der Waals surface area contributed by atoms with Crippen LogP contribution in [0, 0.1) is 35.3 Å². The lowest BCUT2D eigenvalue weighted by Gasteiger charge is -2.30. The number of alkyl halides is 3. The molecule has 3 aliphatic rings. The summed E-state index contributed by atoms with van der Waals surface area (Å²) in [5.74, 6) is -5.52. The molecule has 52 heavy (non-hydrogen) atoms.